The van der Waals surface area contributed by atoms with Gasteiger partial charge < -0.3 is 23.9 Å². The molecule has 2 fully saturated rings. The molecule has 0 spiro atoms. The van der Waals surface area contributed by atoms with Crippen molar-refractivity contribution >= 4 is 28.8 Å². The summed E-state index contributed by atoms with van der Waals surface area (Å²) < 4.78 is 63.5. The highest BCUT2D eigenvalue weighted by Crippen LogP contribution is 2.30. The Kier molecular flexibility index (Phi) is 6.23. The number of aryl methyl sites for hydroxylation is 1. The largest absolute Gasteiger partial charge is 0.422 e. The molecule has 2 saturated heterocycles. The first-order valence-electron chi connectivity index (χ1n) is 11.6. The highest BCUT2D eigenvalue weighted by Gasteiger charge is 2.41. The van der Waals surface area contributed by atoms with Crippen LogP contribution < -0.4 is 9.80 Å². The summed E-state index contributed by atoms with van der Waals surface area (Å²) in [7, 11) is 0. The van der Waals surface area contributed by atoms with Gasteiger partial charge in [0.1, 0.15) is 5.82 Å². The van der Waals surface area contributed by atoms with E-state index >= 15 is 0 Å². The lowest BCUT2D eigenvalue weighted by Gasteiger charge is -2.42. The molecule has 12 heteroatoms. The predicted octanol–water partition coefficient (Wildman–Crippen LogP) is 3.79. The molecule has 5 rings (SSSR count). The third-order valence-electron chi connectivity index (χ3n) is 6.46. The SMILES string of the molecule is Cc1ccc2oc(N3CCN(C(=O)c4ccc(N5CC(OC(C)C(F)(F)F)C5)c(F)c4)CC3)nc2n1. The number of hydrogen-bond donors (Lipinski definition) is 0. The minimum atomic E-state index is -4.43. The number of rotatable bonds is 5. The number of halogens is 4. The molecule has 0 bridgehead atoms. The summed E-state index contributed by atoms with van der Waals surface area (Å²) in [4.78, 5) is 26.9. The van der Waals surface area contributed by atoms with E-state index in [0.717, 1.165) is 12.6 Å². The lowest BCUT2D eigenvalue weighted by molar-refractivity contribution is -0.228. The molecule has 0 aliphatic carbocycles. The number of carbonyl (C=O) groups is 1. The van der Waals surface area contributed by atoms with Crippen molar-refractivity contribution in [1.82, 2.24) is 14.9 Å². The van der Waals surface area contributed by atoms with E-state index < -0.39 is 24.2 Å². The van der Waals surface area contributed by atoms with Crippen molar-refractivity contribution in [2.75, 3.05) is 49.1 Å². The summed E-state index contributed by atoms with van der Waals surface area (Å²) in [5, 5.41) is 0. The van der Waals surface area contributed by atoms with Gasteiger partial charge in [0.15, 0.2) is 11.7 Å². The van der Waals surface area contributed by atoms with Gasteiger partial charge in [0.2, 0.25) is 5.65 Å². The summed E-state index contributed by atoms with van der Waals surface area (Å²) in [5.41, 5.74) is 2.42. The van der Waals surface area contributed by atoms with Crippen LogP contribution in [0.5, 0.6) is 0 Å². The van der Waals surface area contributed by atoms with Crippen LogP contribution in [-0.4, -0.2) is 78.4 Å². The topological polar surface area (TPSA) is 74.9 Å². The van der Waals surface area contributed by atoms with E-state index in [0.29, 0.717) is 43.4 Å². The zero-order chi connectivity index (χ0) is 25.6. The average Bonchev–Trinajstić information content (AvgIpc) is 3.23. The molecule has 1 aromatic carbocycles. The molecule has 4 heterocycles. The van der Waals surface area contributed by atoms with Gasteiger partial charge in [-0.1, -0.05) is 0 Å². The maximum Gasteiger partial charge on any atom is 0.414 e. The van der Waals surface area contributed by atoms with Crippen LogP contribution in [0, 0.1) is 12.7 Å². The smallest absolute Gasteiger partial charge is 0.414 e. The zero-order valence-corrected chi connectivity index (χ0v) is 19.8. The van der Waals surface area contributed by atoms with E-state index in [2.05, 4.69) is 9.97 Å². The minimum absolute atomic E-state index is 0.150. The lowest BCUT2D eigenvalue weighted by Crippen LogP contribution is -2.55. The molecule has 1 atom stereocenters. The average molecular weight is 507 g/mol. The number of ether oxygens (including phenoxy) is 1. The number of oxazole rings is 1. The second kappa shape index (κ2) is 9.23. The Balaban J connectivity index is 1.16. The summed E-state index contributed by atoms with van der Waals surface area (Å²) in [6, 6.07) is 8.31. The number of nitrogens with zero attached hydrogens (tertiary/aromatic N) is 5. The Morgan fingerprint density at radius 1 is 1.08 bits per heavy atom. The van der Waals surface area contributed by atoms with Crippen molar-refractivity contribution in [2.45, 2.75) is 32.2 Å². The van der Waals surface area contributed by atoms with Gasteiger partial charge in [-0.25, -0.2) is 9.37 Å². The molecule has 2 aliphatic heterocycles. The Morgan fingerprint density at radius 2 is 1.81 bits per heavy atom. The first kappa shape index (κ1) is 24.3. The Bertz CT molecular complexity index is 1270. The van der Waals surface area contributed by atoms with E-state index in [-0.39, 0.29) is 30.2 Å². The predicted molar refractivity (Wildman–Crippen MR) is 124 cm³/mol. The first-order valence-corrected chi connectivity index (χ1v) is 11.6. The second-order valence-electron chi connectivity index (χ2n) is 9.06. The van der Waals surface area contributed by atoms with Crippen LogP contribution >= 0.6 is 0 Å². The molecule has 1 amide bonds. The van der Waals surface area contributed by atoms with E-state index in [4.69, 9.17) is 9.15 Å². The molecule has 8 nitrogen and oxygen atoms in total. The van der Waals surface area contributed by atoms with Gasteiger partial charge in [-0.05, 0) is 44.2 Å². The van der Waals surface area contributed by atoms with Crippen LogP contribution in [0.4, 0.5) is 29.3 Å². The Morgan fingerprint density at radius 3 is 2.47 bits per heavy atom. The van der Waals surface area contributed by atoms with E-state index in [1.165, 1.54) is 18.2 Å². The lowest BCUT2D eigenvalue weighted by atomic mass is 10.1. The van der Waals surface area contributed by atoms with Gasteiger partial charge in [0.05, 0.1) is 11.8 Å². The van der Waals surface area contributed by atoms with Crippen molar-refractivity contribution in [1.29, 1.82) is 0 Å². The number of alkyl halides is 3. The van der Waals surface area contributed by atoms with E-state index in [9.17, 15) is 22.4 Å². The molecule has 2 aromatic heterocycles. The zero-order valence-electron chi connectivity index (χ0n) is 19.8. The fourth-order valence-corrected chi connectivity index (χ4v) is 4.30. The molecular weight excluding hydrogens is 482 g/mol. The minimum Gasteiger partial charge on any atom is -0.422 e. The summed E-state index contributed by atoms with van der Waals surface area (Å²) in [6.45, 7) is 4.96. The quantitative estimate of drug-likeness (QED) is 0.487. The van der Waals surface area contributed by atoms with Gasteiger partial charge in [-0.2, -0.15) is 18.2 Å². The number of piperazine rings is 1. The Hall–Kier alpha value is -3.41. The van der Waals surface area contributed by atoms with Crippen molar-refractivity contribution < 1.29 is 31.5 Å². The van der Waals surface area contributed by atoms with Gasteiger partial charge in [-0.15, -0.1) is 0 Å². The number of aromatic nitrogens is 2. The van der Waals surface area contributed by atoms with Crippen LogP contribution in [-0.2, 0) is 4.74 Å². The fourth-order valence-electron chi connectivity index (χ4n) is 4.30. The van der Waals surface area contributed by atoms with E-state index in [1.807, 2.05) is 24.0 Å². The van der Waals surface area contributed by atoms with Gasteiger partial charge in [0.25, 0.3) is 11.9 Å². The third kappa shape index (κ3) is 4.81. The number of fused-ring (bicyclic) bond motifs is 1. The monoisotopic (exact) mass is 507 g/mol. The van der Waals surface area contributed by atoms with Crippen LogP contribution in [0.25, 0.3) is 11.2 Å². The van der Waals surface area contributed by atoms with Crippen LogP contribution in [0.3, 0.4) is 0 Å². The number of anilines is 2. The molecule has 0 radical (unpaired) electrons. The van der Waals surface area contributed by atoms with Gasteiger partial charge in [0, 0.05) is 50.5 Å². The number of carbonyl (C=O) groups excluding carboxylic acids is 1. The van der Waals surface area contributed by atoms with Crippen molar-refractivity contribution in [3.05, 3.63) is 47.4 Å². The molecule has 0 N–H and O–H groups in total. The first-order chi connectivity index (χ1) is 17.1. The van der Waals surface area contributed by atoms with Crippen LogP contribution in [0.2, 0.25) is 0 Å². The van der Waals surface area contributed by atoms with E-state index in [1.54, 1.807) is 9.80 Å². The van der Waals surface area contributed by atoms with Crippen molar-refractivity contribution in [2.24, 2.45) is 0 Å². The summed E-state index contributed by atoms with van der Waals surface area (Å²) in [5.74, 6) is -0.894. The number of pyridine rings is 1. The maximum atomic E-state index is 14.8. The molecule has 36 heavy (non-hydrogen) atoms. The third-order valence-corrected chi connectivity index (χ3v) is 6.46. The van der Waals surface area contributed by atoms with Crippen LogP contribution in [0.15, 0.2) is 34.7 Å². The maximum absolute atomic E-state index is 14.8. The van der Waals surface area contributed by atoms with Crippen molar-refractivity contribution in [3.63, 3.8) is 0 Å². The highest BCUT2D eigenvalue weighted by atomic mass is 19.4. The Labute approximate surface area is 204 Å². The highest BCUT2D eigenvalue weighted by molar-refractivity contribution is 5.94. The summed E-state index contributed by atoms with van der Waals surface area (Å²) >= 11 is 0. The standard InChI is InChI=1S/C24H25F4N5O3/c1-14-3-6-20-21(29-14)30-23(36-20)32-9-7-31(8-10-32)22(34)16-4-5-19(18(25)11-16)33-12-17(13-33)35-15(2)24(26,27)28/h3-6,11,15,17H,7-10,12-13H2,1-2H3. The van der Waals surface area contributed by atoms with Crippen molar-refractivity contribution in [3.8, 4) is 0 Å². The molecular formula is C24H25F4N5O3. The normalized spacial score (nSPS) is 18.0. The van der Waals surface area contributed by atoms with Crippen LogP contribution in [0.1, 0.15) is 23.0 Å². The molecule has 0 saturated carbocycles. The number of benzene rings is 1. The molecule has 3 aromatic rings. The molecule has 1 unspecified atom stereocenters. The van der Waals surface area contributed by atoms with Gasteiger partial charge in [-0.3, -0.25) is 4.79 Å². The molecule has 2 aliphatic rings. The number of hydrogen-bond acceptors (Lipinski definition) is 7. The molecule has 192 valence electrons. The fraction of sp³-hybridized carbons (Fsp3) is 0.458. The second-order valence-corrected chi connectivity index (χ2v) is 9.06. The number of amides is 1. The summed E-state index contributed by atoms with van der Waals surface area (Å²) in [6.07, 6.45) is -6.93. The van der Waals surface area contributed by atoms with Gasteiger partial charge >= 0.3 is 6.18 Å².